The minimum absolute atomic E-state index is 0.105. The van der Waals surface area contributed by atoms with E-state index in [1.165, 1.54) is 13.2 Å². The molecule has 0 saturated heterocycles. The van der Waals surface area contributed by atoms with E-state index in [0.29, 0.717) is 21.3 Å². The molecule has 0 spiro atoms. The van der Waals surface area contributed by atoms with E-state index in [1.54, 1.807) is 30.3 Å². The van der Waals surface area contributed by atoms with Crippen molar-refractivity contribution >= 4 is 37.8 Å². The molecule has 0 bridgehead atoms. The minimum Gasteiger partial charge on any atom is -0.497 e. The fraction of sp³-hybridized carbons (Fsp3) is 0.133. The summed E-state index contributed by atoms with van der Waals surface area (Å²) in [6, 6.07) is 9.70. The molecule has 0 aliphatic carbocycles. The van der Waals surface area contributed by atoms with Gasteiger partial charge in [0.25, 0.3) is 5.91 Å². The van der Waals surface area contributed by atoms with Crippen LogP contribution in [0, 0.1) is 5.82 Å². The van der Waals surface area contributed by atoms with Crippen LogP contribution in [0.3, 0.4) is 0 Å². The second kappa shape index (κ2) is 7.04. The molecule has 6 heteroatoms. The molecule has 1 N–H and O–H groups in total. The molecule has 0 heterocycles. The van der Waals surface area contributed by atoms with Gasteiger partial charge in [-0.1, -0.05) is 15.9 Å². The van der Waals surface area contributed by atoms with Gasteiger partial charge in [0.05, 0.1) is 12.7 Å². The second-order valence-electron chi connectivity index (χ2n) is 4.26. The number of nitrogens with one attached hydrogen (secondary N) is 1. The van der Waals surface area contributed by atoms with Crippen LogP contribution in [0.15, 0.2) is 45.3 Å². The normalized spacial score (nSPS) is 10.3. The zero-order valence-electron chi connectivity index (χ0n) is 11.1. The Morgan fingerprint density at radius 1 is 1.24 bits per heavy atom. The van der Waals surface area contributed by atoms with Crippen LogP contribution in [0.5, 0.6) is 5.75 Å². The van der Waals surface area contributed by atoms with E-state index in [9.17, 15) is 9.18 Å². The zero-order valence-corrected chi connectivity index (χ0v) is 14.3. The number of methoxy groups -OCH3 is 1. The van der Waals surface area contributed by atoms with Gasteiger partial charge in [-0.2, -0.15) is 0 Å². The van der Waals surface area contributed by atoms with Crippen molar-refractivity contribution in [1.29, 1.82) is 0 Å². The highest BCUT2D eigenvalue weighted by atomic mass is 79.9. The van der Waals surface area contributed by atoms with Crippen molar-refractivity contribution in [3.05, 3.63) is 62.3 Å². The van der Waals surface area contributed by atoms with Crippen molar-refractivity contribution in [2.24, 2.45) is 0 Å². The van der Waals surface area contributed by atoms with Gasteiger partial charge in [0.15, 0.2) is 0 Å². The van der Waals surface area contributed by atoms with Gasteiger partial charge in [-0.15, -0.1) is 0 Å². The first-order valence-electron chi connectivity index (χ1n) is 6.07. The summed E-state index contributed by atoms with van der Waals surface area (Å²) in [5, 5.41) is 2.69. The van der Waals surface area contributed by atoms with Crippen molar-refractivity contribution in [1.82, 2.24) is 5.32 Å². The lowest BCUT2D eigenvalue weighted by Crippen LogP contribution is -2.23. The van der Waals surface area contributed by atoms with Crippen molar-refractivity contribution < 1.29 is 13.9 Å². The average Bonchev–Trinajstić information content (AvgIpc) is 2.48. The van der Waals surface area contributed by atoms with E-state index >= 15 is 0 Å². The van der Waals surface area contributed by atoms with Gasteiger partial charge in [-0.05, 0) is 52.3 Å². The molecule has 110 valence electrons. The third-order valence-electron chi connectivity index (χ3n) is 2.87. The summed E-state index contributed by atoms with van der Waals surface area (Å²) in [5.74, 6) is -0.0830. The van der Waals surface area contributed by atoms with Crippen LogP contribution in [0.25, 0.3) is 0 Å². The number of amides is 1. The Balaban J connectivity index is 2.13. The van der Waals surface area contributed by atoms with Crippen molar-refractivity contribution in [3.8, 4) is 5.75 Å². The van der Waals surface area contributed by atoms with E-state index < -0.39 is 0 Å². The maximum atomic E-state index is 13.6. The summed E-state index contributed by atoms with van der Waals surface area (Å²) < 4.78 is 20.1. The van der Waals surface area contributed by atoms with Gasteiger partial charge in [-0.25, -0.2) is 4.39 Å². The van der Waals surface area contributed by atoms with Crippen molar-refractivity contribution in [2.75, 3.05) is 7.11 Å². The van der Waals surface area contributed by atoms with Crippen LogP contribution >= 0.6 is 31.9 Å². The van der Waals surface area contributed by atoms with Gasteiger partial charge >= 0.3 is 0 Å². The van der Waals surface area contributed by atoms with Gasteiger partial charge in [0, 0.05) is 21.1 Å². The van der Waals surface area contributed by atoms with Crippen LogP contribution in [0.4, 0.5) is 4.39 Å². The number of ether oxygens (including phenoxy) is 1. The number of carbonyl (C=O) groups excluding carboxylic acids is 1. The van der Waals surface area contributed by atoms with E-state index in [-0.39, 0.29) is 18.3 Å². The summed E-state index contributed by atoms with van der Waals surface area (Å²) in [7, 11) is 1.53. The monoisotopic (exact) mass is 415 g/mol. The summed E-state index contributed by atoms with van der Waals surface area (Å²) in [6.45, 7) is 0.105. The maximum absolute atomic E-state index is 13.6. The number of hydrogen-bond acceptors (Lipinski definition) is 2. The Bertz CT molecular complexity index is 677. The Morgan fingerprint density at radius 2 is 2.00 bits per heavy atom. The number of rotatable bonds is 4. The molecule has 0 radical (unpaired) electrons. The summed E-state index contributed by atoms with van der Waals surface area (Å²) in [4.78, 5) is 12.2. The molecule has 0 aliphatic heterocycles. The fourth-order valence-electron chi connectivity index (χ4n) is 1.75. The van der Waals surface area contributed by atoms with Crippen LogP contribution in [0.2, 0.25) is 0 Å². The van der Waals surface area contributed by atoms with Crippen molar-refractivity contribution in [2.45, 2.75) is 6.54 Å². The summed E-state index contributed by atoms with van der Waals surface area (Å²) in [5.41, 5.74) is 0.849. The van der Waals surface area contributed by atoms with Crippen LogP contribution in [0.1, 0.15) is 15.9 Å². The average molecular weight is 417 g/mol. The summed E-state index contributed by atoms with van der Waals surface area (Å²) >= 11 is 6.59. The molecule has 0 saturated carbocycles. The molecule has 0 aromatic heterocycles. The van der Waals surface area contributed by atoms with Crippen LogP contribution in [-0.4, -0.2) is 13.0 Å². The van der Waals surface area contributed by atoms with Gasteiger partial charge in [-0.3, -0.25) is 4.79 Å². The zero-order chi connectivity index (χ0) is 15.4. The lowest BCUT2D eigenvalue weighted by atomic mass is 10.1. The molecule has 3 nitrogen and oxygen atoms in total. The highest BCUT2D eigenvalue weighted by molar-refractivity contribution is 9.10. The molecule has 0 atom stereocenters. The van der Waals surface area contributed by atoms with E-state index in [2.05, 4.69) is 37.2 Å². The van der Waals surface area contributed by atoms with Crippen LogP contribution < -0.4 is 10.1 Å². The third kappa shape index (κ3) is 4.04. The quantitative estimate of drug-likeness (QED) is 0.807. The third-order valence-corrected chi connectivity index (χ3v) is 4.05. The predicted molar refractivity (Wildman–Crippen MR) is 86.0 cm³/mol. The van der Waals surface area contributed by atoms with E-state index in [1.807, 2.05) is 0 Å². The number of halogens is 3. The van der Waals surface area contributed by atoms with E-state index in [0.717, 1.165) is 4.47 Å². The van der Waals surface area contributed by atoms with Crippen molar-refractivity contribution in [3.63, 3.8) is 0 Å². The molecule has 2 aromatic carbocycles. The summed E-state index contributed by atoms with van der Waals surface area (Å²) in [6.07, 6.45) is 0. The minimum atomic E-state index is -0.358. The van der Waals surface area contributed by atoms with Gasteiger partial charge < -0.3 is 10.1 Å². The highest BCUT2D eigenvalue weighted by Gasteiger charge is 2.12. The molecule has 0 fully saturated rings. The topological polar surface area (TPSA) is 38.3 Å². The largest absolute Gasteiger partial charge is 0.497 e. The first-order valence-corrected chi connectivity index (χ1v) is 7.65. The van der Waals surface area contributed by atoms with Crippen LogP contribution in [-0.2, 0) is 6.54 Å². The Labute approximate surface area is 138 Å². The number of hydrogen-bond donors (Lipinski definition) is 1. The molecular weight excluding hydrogens is 405 g/mol. The predicted octanol–water partition coefficient (Wildman–Crippen LogP) is 4.29. The lowest BCUT2D eigenvalue weighted by molar-refractivity contribution is 0.0949. The Kier molecular flexibility index (Phi) is 5.36. The van der Waals surface area contributed by atoms with E-state index in [4.69, 9.17) is 4.74 Å². The molecule has 1 amide bonds. The maximum Gasteiger partial charge on any atom is 0.252 e. The first-order chi connectivity index (χ1) is 10.0. The highest BCUT2D eigenvalue weighted by Crippen LogP contribution is 2.22. The SMILES string of the molecule is COc1ccc(Br)c(C(=O)NCc2cc(Br)ccc2F)c1. The second-order valence-corrected chi connectivity index (χ2v) is 6.03. The smallest absolute Gasteiger partial charge is 0.252 e. The lowest BCUT2D eigenvalue weighted by Gasteiger charge is -2.09. The first kappa shape index (κ1) is 16.0. The van der Waals surface area contributed by atoms with Gasteiger partial charge in [0.1, 0.15) is 11.6 Å². The van der Waals surface area contributed by atoms with Gasteiger partial charge in [0.2, 0.25) is 0 Å². The molecule has 2 rings (SSSR count). The molecular formula is C15H12Br2FNO2. The standard InChI is InChI=1S/C15H12Br2FNO2/c1-21-11-3-4-13(17)12(7-11)15(20)19-8-9-6-10(16)2-5-14(9)18/h2-7H,8H2,1H3,(H,19,20). The molecule has 0 unspecified atom stereocenters. The molecule has 2 aromatic rings. The molecule has 21 heavy (non-hydrogen) atoms. The Morgan fingerprint density at radius 3 is 2.71 bits per heavy atom. The Hall–Kier alpha value is -1.40. The fourth-order valence-corrected chi connectivity index (χ4v) is 2.59. The number of benzene rings is 2. The molecule has 0 aliphatic rings. The number of carbonyl (C=O) groups is 1.